The van der Waals surface area contributed by atoms with Gasteiger partial charge in [-0.25, -0.2) is 13.7 Å². The second kappa shape index (κ2) is 40.1. The number of halogens is 4. The molecular formula is C52H80I4N4. The van der Waals surface area contributed by atoms with Crippen molar-refractivity contribution in [2.24, 2.45) is 0 Å². The summed E-state index contributed by atoms with van der Waals surface area (Å²) in [7, 11) is 0. The van der Waals surface area contributed by atoms with E-state index < -0.39 is 0 Å². The standard InChI is InChI=1S/C52H80IN4.3HI/c53-37-21-13-5-3-11-19-31-51-35-27-42-55(47-51)39-22-14-6-4-12-20-32-52-36-28-44-57(48-52)41-24-16-8-7-15-23-40-56-43-26-34-50(46-56)30-18-10-2-1-9-17-29-49-33-25-38-54-45-49;;;/h25-28,33-36,38,42-48H,1-24,29-32,37,39-41H2;3*1H/q+3;;;/p-3. The van der Waals surface area contributed by atoms with E-state index in [4.69, 9.17) is 0 Å². The number of aryl methyl sites for hydroxylation is 7. The van der Waals surface area contributed by atoms with Crippen LogP contribution in [0.4, 0.5) is 0 Å². The number of unbranched alkanes of at least 4 members (excludes halogenated alkanes) is 20. The summed E-state index contributed by atoms with van der Waals surface area (Å²) in [6.45, 7) is 3.47. The predicted molar refractivity (Wildman–Crippen MR) is 249 cm³/mol. The zero-order chi connectivity index (χ0) is 39.7. The summed E-state index contributed by atoms with van der Waals surface area (Å²) in [4.78, 5) is 4.23. The third kappa shape index (κ3) is 29.1. The van der Waals surface area contributed by atoms with Crippen molar-refractivity contribution in [2.75, 3.05) is 4.43 Å². The molecule has 4 nitrogen and oxygen atoms in total. The minimum Gasteiger partial charge on any atom is -1.00 e. The summed E-state index contributed by atoms with van der Waals surface area (Å²) >= 11 is 2.50. The van der Waals surface area contributed by atoms with Crippen molar-refractivity contribution in [1.29, 1.82) is 0 Å². The van der Waals surface area contributed by atoms with Gasteiger partial charge in [-0.15, -0.1) is 0 Å². The van der Waals surface area contributed by atoms with E-state index in [1.54, 1.807) is 0 Å². The molecule has 4 rings (SSSR count). The Hall–Kier alpha value is -0.480. The van der Waals surface area contributed by atoms with Gasteiger partial charge in [-0.05, 0) is 111 Å². The quantitative estimate of drug-likeness (QED) is 0.0296. The number of nitrogens with zero attached hydrogens (tertiary/aromatic N) is 4. The third-order valence-corrected chi connectivity index (χ3v) is 12.5. The van der Waals surface area contributed by atoms with Gasteiger partial charge in [-0.2, -0.15) is 0 Å². The van der Waals surface area contributed by atoms with Gasteiger partial charge in [0.1, 0.15) is 19.6 Å². The van der Waals surface area contributed by atoms with Crippen LogP contribution in [0, 0.1) is 0 Å². The summed E-state index contributed by atoms with van der Waals surface area (Å²) < 4.78 is 8.60. The molecule has 0 aliphatic rings. The minimum absolute atomic E-state index is 0. The van der Waals surface area contributed by atoms with Crippen LogP contribution in [0.3, 0.4) is 0 Å². The van der Waals surface area contributed by atoms with Gasteiger partial charge in [0.05, 0.1) is 0 Å². The van der Waals surface area contributed by atoms with Crippen molar-refractivity contribution in [3.63, 3.8) is 0 Å². The Bertz CT molecular complexity index is 1560. The second-order valence-corrected chi connectivity index (χ2v) is 18.0. The molecule has 60 heavy (non-hydrogen) atoms. The van der Waals surface area contributed by atoms with Crippen molar-refractivity contribution in [3.8, 4) is 0 Å². The van der Waals surface area contributed by atoms with E-state index in [0.717, 1.165) is 13.1 Å². The molecule has 0 aliphatic carbocycles. The Kier molecular flexibility index (Phi) is 38.4. The average molecular weight is 1270 g/mol. The van der Waals surface area contributed by atoms with Crippen molar-refractivity contribution in [3.05, 3.63) is 120 Å². The topological polar surface area (TPSA) is 24.5 Å². The van der Waals surface area contributed by atoms with Crippen LogP contribution < -0.4 is 85.6 Å². The van der Waals surface area contributed by atoms with E-state index >= 15 is 0 Å². The summed E-state index contributed by atoms with van der Waals surface area (Å²) in [6, 6.07) is 18.0. The summed E-state index contributed by atoms with van der Waals surface area (Å²) in [6.07, 6.45) is 55.1. The third-order valence-electron chi connectivity index (χ3n) is 11.7. The zero-order valence-corrected chi connectivity index (χ0v) is 45.8. The fourth-order valence-corrected chi connectivity index (χ4v) is 8.80. The van der Waals surface area contributed by atoms with Crippen LogP contribution in [-0.4, -0.2) is 9.41 Å². The lowest BCUT2D eigenvalue weighted by Crippen LogP contribution is -3.00. The maximum absolute atomic E-state index is 4.23. The number of rotatable bonds is 35. The molecule has 4 aromatic heterocycles. The van der Waals surface area contributed by atoms with Crippen molar-refractivity contribution in [1.82, 2.24) is 4.98 Å². The molecule has 0 unspecified atom stereocenters. The zero-order valence-electron chi connectivity index (χ0n) is 37.2. The van der Waals surface area contributed by atoms with Crippen molar-refractivity contribution >= 4 is 22.6 Å². The SMILES string of the molecule is ICCCCCCCCc1ccc[n+](CCCCCCCCc2ccc[n+](CCCCCCCC[n+]3cccc(CCCCCCCCc4cccnc4)c3)c2)c1.[I-].[I-].[I-]. The fraction of sp³-hybridized carbons (Fsp3) is 0.615. The highest BCUT2D eigenvalue weighted by atomic mass is 127. The van der Waals surface area contributed by atoms with Gasteiger partial charge in [0.25, 0.3) is 0 Å². The second-order valence-electron chi connectivity index (χ2n) is 16.9. The van der Waals surface area contributed by atoms with E-state index in [2.05, 4.69) is 121 Å². The van der Waals surface area contributed by atoms with Gasteiger partial charge < -0.3 is 71.9 Å². The molecular weight excluding hydrogens is 1190 g/mol. The molecule has 0 fully saturated rings. The molecule has 0 spiro atoms. The molecule has 8 heteroatoms. The van der Waals surface area contributed by atoms with Gasteiger partial charge in [0, 0.05) is 66.5 Å². The smallest absolute Gasteiger partial charge is 0.171 e. The van der Waals surface area contributed by atoms with Gasteiger partial charge in [-0.3, -0.25) is 4.98 Å². The highest BCUT2D eigenvalue weighted by Crippen LogP contribution is 2.14. The fourth-order valence-electron chi connectivity index (χ4n) is 8.26. The molecule has 0 N–H and O–H groups in total. The van der Waals surface area contributed by atoms with Crippen molar-refractivity contribution < 1.29 is 85.6 Å². The Morgan fingerprint density at radius 3 is 0.983 bits per heavy atom. The van der Waals surface area contributed by atoms with Crippen molar-refractivity contribution in [2.45, 2.75) is 199 Å². The highest BCUT2D eigenvalue weighted by Gasteiger charge is 2.07. The minimum atomic E-state index is 0. The Morgan fingerprint density at radius 2 is 0.650 bits per heavy atom. The Balaban J connectivity index is 0.00000600. The van der Waals surface area contributed by atoms with Crippen LogP contribution in [-0.2, 0) is 45.3 Å². The van der Waals surface area contributed by atoms with Gasteiger partial charge in [0.2, 0.25) is 0 Å². The van der Waals surface area contributed by atoms with Gasteiger partial charge >= 0.3 is 0 Å². The summed E-state index contributed by atoms with van der Waals surface area (Å²) in [5.41, 5.74) is 5.90. The van der Waals surface area contributed by atoms with E-state index in [-0.39, 0.29) is 71.9 Å². The number of alkyl halides is 1. The Labute approximate surface area is 432 Å². The molecule has 0 atom stereocenters. The lowest BCUT2D eigenvalue weighted by atomic mass is 10.0. The van der Waals surface area contributed by atoms with E-state index in [1.807, 2.05) is 18.5 Å². The molecule has 0 aliphatic heterocycles. The molecule has 4 aromatic rings. The highest BCUT2D eigenvalue weighted by molar-refractivity contribution is 14.1. The van der Waals surface area contributed by atoms with Crippen LogP contribution in [0.2, 0.25) is 0 Å². The summed E-state index contributed by atoms with van der Waals surface area (Å²) in [5, 5.41) is 0. The summed E-state index contributed by atoms with van der Waals surface area (Å²) in [5.74, 6) is 0. The molecule has 0 amide bonds. The first kappa shape index (κ1) is 57.5. The van der Waals surface area contributed by atoms with Crippen LogP contribution in [0.25, 0.3) is 0 Å². The molecule has 0 aromatic carbocycles. The molecule has 0 saturated heterocycles. The first-order valence-corrected chi connectivity index (χ1v) is 25.2. The molecule has 4 heterocycles. The Morgan fingerprint density at radius 1 is 0.350 bits per heavy atom. The van der Waals surface area contributed by atoms with E-state index in [9.17, 15) is 0 Å². The molecule has 336 valence electrons. The van der Waals surface area contributed by atoms with Gasteiger partial charge in [0.15, 0.2) is 37.2 Å². The van der Waals surface area contributed by atoms with Crippen LogP contribution >= 0.6 is 22.6 Å². The number of pyridine rings is 4. The van der Waals surface area contributed by atoms with E-state index in [0.29, 0.717) is 0 Å². The van der Waals surface area contributed by atoms with Crippen LogP contribution in [0.1, 0.15) is 176 Å². The predicted octanol–water partition coefficient (Wildman–Crippen LogP) is 4.02. The number of hydrogen-bond acceptors (Lipinski definition) is 1. The maximum atomic E-state index is 4.23. The van der Waals surface area contributed by atoms with Crippen LogP contribution in [0.15, 0.2) is 98.1 Å². The first-order chi connectivity index (χ1) is 28.3. The molecule has 0 saturated carbocycles. The lowest BCUT2D eigenvalue weighted by Gasteiger charge is -2.04. The molecule has 0 bridgehead atoms. The van der Waals surface area contributed by atoms with Crippen LogP contribution in [0.5, 0.6) is 0 Å². The molecule has 0 radical (unpaired) electrons. The van der Waals surface area contributed by atoms with E-state index in [1.165, 1.54) is 213 Å². The largest absolute Gasteiger partial charge is 1.00 e. The lowest BCUT2D eigenvalue weighted by molar-refractivity contribution is -0.698. The first-order valence-electron chi connectivity index (χ1n) is 23.7. The maximum Gasteiger partial charge on any atom is 0.171 e. The van der Waals surface area contributed by atoms with Gasteiger partial charge in [-0.1, -0.05) is 112 Å². The monoisotopic (exact) mass is 1270 g/mol. The average Bonchev–Trinajstić information content (AvgIpc) is 3.24. The number of hydrogen-bond donors (Lipinski definition) is 0. The number of aromatic nitrogens is 4. The normalized spacial score (nSPS) is 10.8.